The Bertz CT molecular complexity index is 662. The second-order valence-corrected chi connectivity index (χ2v) is 5.50. The fraction of sp³-hybridized carbons (Fsp3) is 0.312. The molecule has 0 atom stereocenters. The highest BCUT2D eigenvalue weighted by atomic mass is 16.2. The predicted octanol–water partition coefficient (Wildman–Crippen LogP) is 0.950. The first kappa shape index (κ1) is 15.1. The van der Waals surface area contributed by atoms with Crippen LogP contribution in [0, 0.1) is 0 Å². The van der Waals surface area contributed by atoms with Crippen LogP contribution in [-0.2, 0) is 11.3 Å². The zero-order valence-corrected chi connectivity index (χ0v) is 12.7. The standard InChI is InChI=1S/C16H19N5O2/c22-15(20-13-4-5-13)11-18-16(23)17-10-12-2-6-14(7-3-12)21-9-1-8-19-21/h1-3,6-9,13H,4-5,10-11H2,(H,20,22)(H2,17,18,23). The van der Waals surface area contributed by atoms with Gasteiger partial charge in [-0.15, -0.1) is 0 Å². The van der Waals surface area contributed by atoms with Gasteiger partial charge in [0.05, 0.1) is 12.2 Å². The van der Waals surface area contributed by atoms with Gasteiger partial charge in [0.1, 0.15) is 0 Å². The van der Waals surface area contributed by atoms with Crippen molar-refractivity contribution in [2.45, 2.75) is 25.4 Å². The van der Waals surface area contributed by atoms with Crippen molar-refractivity contribution in [3.63, 3.8) is 0 Å². The zero-order valence-electron chi connectivity index (χ0n) is 12.7. The second-order valence-electron chi connectivity index (χ2n) is 5.50. The molecule has 1 saturated carbocycles. The molecule has 1 aromatic heterocycles. The van der Waals surface area contributed by atoms with Crippen LogP contribution < -0.4 is 16.0 Å². The number of hydrogen-bond donors (Lipinski definition) is 3. The number of carbonyl (C=O) groups is 2. The van der Waals surface area contributed by atoms with Gasteiger partial charge in [-0.25, -0.2) is 9.48 Å². The molecule has 1 aromatic carbocycles. The number of amides is 3. The van der Waals surface area contributed by atoms with Gasteiger partial charge < -0.3 is 16.0 Å². The highest BCUT2D eigenvalue weighted by Gasteiger charge is 2.23. The molecule has 0 aliphatic heterocycles. The first-order chi connectivity index (χ1) is 11.2. The number of nitrogens with zero attached hydrogens (tertiary/aromatic N) is 2. The number of urea groups is 1. The van der Waals surface area contributed by atoms with E-state index in [9.17, 15) is 9.59 Å². The summed E-state index contributed by atoms with van der Waals surface area (Å²) in [5.74, 6) is -0.147. The molecular weight excluding hydrogens is 294 g/mol. The van der Waals surface area contributed by atoms with Gasteiger partial charge >= 0.3 is 6.03 Å². The molecule has 1 aliphatic rings. The summed E-state index contributed by atoms with van der Waals surface area (Å²) in [6.45, 7) is 0.399. The van der Waals surface area contributed by atoms with E-state index >= 15 is 0 Å². The van der Waals surface area contributed by atoms with E-state index in [0.29, 0.717) is 12.6 Å². The molecule has 2 aromatic rings. The maximum absolute atomic E-state index is 11.7. The molecule has 0 radical (unpaired) electrons. The van der Waals surface area contributed by atoms with Gasteiger partial charge in [0.25, 0.3) is 0 Å². The van der Waals surface area contributed by atoms with E-state index in [2.05, 4.69) is 21.0 Å². The van der Waals surface area contributed by atoms with Gasteiger partial charge in [-0.1, -0.05) is 12.1 Å². The van der Waals surface area contributed by atoms with Crippen molar-refractivity contribution in [3.05, 3.63) is 48.3 Å². The van der Waals surface area contributed by atoms with Crippen molar-refractivity contribution in [1.82, 2.24) is 25.7 Å². The average Bonchev–Trinajstić information content (AvgIpc) is 3.20. The van der Waals surface area contributed by atoms with Crippen LogP contribution in [0.4, 0.5) is 4.79 Å². The van der Waals surface area contributed by atoms with Gasteiger partial charge in [0.15, 0.2) is 0 Å². The molecule has 3 rings (SSSR count). The van der Waals surface area contributed by atoms with E-state index in [1.54, 1.807) is 10.9 Å². The SMILES string of the molecule is O=C(CNC(=O)NCc1ccc(-n2cccn2)cc1)NC1CC1. The maximum atomic E-state index is 11.7. The van der Waals surface area contributed by atoms with E-state index in [-0.39, 0.29) is 18.5 Å². The number of hydrogen-bond acceptors (Lipinski definition) is 3. The second kappa shape index (κ2) is 6.95. The molecule has 120 valence electrons. The summed E-state index contributed by atoms with van der Waals surface area (Å²) >= 11 is 0. The van der Waals surface area contributed by atoms with Crippen molar-refractivity contribution in [2.24, 2.45) is 0 Å². The lowest BCUT2D eigenvalue weighted by Crippen LogP contribution is -2.42. The largest absolute Gasteiger partial charge is 0.352 e. The minimum atomic E-state index is -0.355. The minimum absolute atomic E-state index is 0.000565. The van der Waals surface area contributed by atoms with Crippen LogP contribution in [0.25, 0.3) is 5.69 Å². The summed E-state index contributed by atoms with van der Waals surface area (Å²) in [5, 5.41) is 12.2. The molecule has 1 aliphatic carbocycles. The lowest BCUT2D eigenvalue weighted by atomic mass is 10.2. The topological polar surface area (TPSA) is 88.1 Å². The molecule has 7 nitrogen and oxygen atoms in total. The monoisotopic (exact) mass is 313 g/mol. The third kappa shape index (κ3) is 4.57. The van der Waals surface area contributed by atoms with Gasteiger partial charge in [-0.05, 0) is 36.6 Å². The van der Waals surface area contributed by atoms with Gasteiger partial charge in [0, 0.05) is 25.0 Å². The van der Waals surface area contributed by atoms with E-state index in [1.807, 2.05) is 36.5 Å². The minimum Gasteiger partial charge on any atom is -0.352 e. The normalized spacial score (nSPS) is 13.4. The van der Waals surface area contributed by atoms with Crippen molar-refractivity contribution >= 4 is 11.9 Å². The molecule has 1 fully saturated rings. The summed E-state index contributed by atoms with van der Waals surface area (Å²) in [4.78, 5) is 23.1. The number of rotatable bonds is 6. The lowest BCUT2D eigenvalue weighted by Gasteiger charge is -2.08. The van der Waals surface area contributed by atoms with Gasteiger partial charge in [0.2, 0.25) is 5.91 Å². The van der Waals surface area contributed by atoms with E-state index in [0.717, 1.165) is 24.1 Å². The predicted molar refractivity (Wildman–Crippen MR) is 85.0 cm³/mol. The zero-order chi connectivity index (χ0) is 16.1. The van der Waals surface area contributed by atoms with Crippen molar-refractivity contribution in [1.29, 1.82) is 0 Å². The third-order valence-corrected chi connectivity index (χ3v) is 3.51. The fourth-order valence-corrected chi connectivity index (χ4v) is 2.10. The van der Waals surface area contributed by atoms with Crippen LogP contribution in [0.5, 0.6) is 0 Å². The van der Waals surface area contributed by atoms with E-state index < -0.39 is 0 Å². The Hall–Kier alpha value is -2.83. The Morgan fingerprint density at radius 2 is 1.96 bits per heavy atom. The number of nitrogens with one attached hydrogen (secondary N) is 3. The van der Waals surface area contributed by atoms with Gasteiger partial charge in [-0.2, -0.15) is 5.10 Å². The van der Waals surface area contributed by atoms with Crippen LogP contribution in [0.3, 0.4) is 0 Å². The summed E-state index contributed by atoms with van der Waals surface area (Å²) < 4.78 is 1.77. The quantitative estimate of drug-likeness (QED) is 0.742. The Morgan fingerprint density at radius 3 is 2.61 bits per heavy atom. The Kier molecular flexibility index (Phi) is 4.56. The van der Waals surface area contributed by atoms with Crippen molar-refractivity contribution < 1.29 is 9.59 Å². The Labute approximate surface area is 134 Å². The number of benzene rings is 1. The molecule has 3 N–H and O–H groups in total. The highest BCUT2D eigenvalue weighted by Crippen LogP contribution is 2.18. The molecule has 0 saturated heterocycles. The number of aromatic nitrogens is 2. The van der Waals surface area contributed by atoms with Crippen LogP contribution in [0.15, 0.2) is 42.7 Å². The summed E-state index contributed by atoms with van der Waals surface area (Å²) in [5.41, 5.74) is 1.93. The molecule has 7 heteroatoms. The lowest BCUT2D eigenvalue weighted by molar-refractivity contribution is -0.120. The van der Waals surface area contributed by atoms with E-state index in [1.165, 1.54) is 0 Å². The summed E-state index contributed by atoms with van der Waals surface area (Å²) in [7, 11) is 0. The molecule has 23 heavy (non-hydrogen) atoms. The van der Waals surface area contributed by atoms with Gasteiger partial charge in [-0.3, -0.25) is 4.79 Å². The first-order valence-electron chi connectivity index (χ1n) is 7.61. The maximum Gasteiger partial charge on any atom is 0.315 e. The van der Waals surface area contributed by atoms with Crippen LogP contribution in [0.2, 0.25) is 0 Å². The van der Waals surface area contributed by atoms with Crippen LogP contribution in [-0.4, -0.2) is 34.3 Å². The van der Waals surface area contributed by atoms with Crippen molar-refractivity contribution in [2.75, 3.05) is 6.54 Å². The Morgan fingerprint density at radius 1 is 1.17 bits per heavy atom. The molecule has 3 amide bonds. The molecule has 0 unspecified atom stereocenters. The summed E-state index contributed by atoms with van der Waals surface area (Å²) in [6.07, 6.45) is 5.66. The molecule has 0 spiro atoms. The molecule has 0 bridgehead atoms. The first-order valence-corrected chi connectivity index (χ1v) is 7.61. The van der Waals surface area contributed by atoms with Crippen LogP contribution >= 0.6 is 0 Å². The Balaban J connectivity index is 1.40. The fourth-order valence-electron chi connectivity index (χ4n) is 2.10. The smallest absolute Gasteiger partial charge is 0.315 e. The number of carbonyl (C=O) groups excluding carboxylic acids is 2. The van der Waals surface area contributed by atoms with Crippen LogP contribution in [0.1, 0.15) is 18.4 Å². The molecular formula is C16H19N5O2. The third-order valence-electron chi connectivity index (χ3n) is 3.51. The van der Waals surface area contributed by atoms with E-state index in [4.69, 9.17) is 0 Å². The highest BCUT2D eigenvalue weighted by molar-refractivity contribution is 5.84. The average molecular weight is 313 g/mol. The molecule has 1 heterocycles. The van der Waals surface area contributed by atoms with Crippen molar-refractivity contribution in [3.8, 4) is 5.69 Å². The summed E-state index contributed by atoms with van der Waals surface area (Å²) in [6, 6.07) is 9.54.